The second-order valence-electron chi connectivity index (χ2n) is 5.61. The largest absolute Gasteiger partial charge is 0.353 e. The molecular weight excluding hydrogens is 300 g/mol. The van der Waals surface area contributed by atoms with E-state index in [9.17, 15) is 9.59 Å². The van der Waals surface area contributed by atoms with E-state index >= 15 is 0 Å². The molecule has 1 aromatic carbocycles. The molecule has 0 saturated carbocycles. The van der Waals surface area contributed by atoms with E-state index in [4.69, 9.17) is 11.6 Å². The lowest BCUT2D eigenvalue weighted by atomic mass is 10.0. The number of nitrogens with one attached hydrogen (secondary N) is 1. The Hall–Kier alpha value is -1.81. The van der Waals surface area contributed by atoms with Crippen LogP contribution in [0.4, 0.5) is 0 Å². The van der Waals surface area contributed by atoms with Gasteiger partial charge in [0.15, 0.2) is 0 Å². The molecule has 1 fully saturated rings. The van der Waals surface area contributed by atoms with Gasteiger partial charge in [-0.2, -0.15) is 0 Å². The summed E-state index contributed by atoms with van der Waals surface area (Å²) < 4.78 is 0. The topological polar surface area (TPSA) is 49.4 Å². The van der Waals surface area contributed by atoms with E-state index in [0.29, 0.717) is 18.1 Å². The van der Waals surface area contributed by atoms with Crippen LogP contribution in [-0.4, -0.2) is 35.8 Å². The smallest absolute Gasteiger partial charge is 0.246 e. The minimum Gasteiger partial charge on any atom is -0.353 e. The number of likely N-dealkylation sites (tertiary alicyclic amines) is 1. The van der Waals surface area contributed by atoms with Gasteiger partial charge in [-0.25, -0.2) is 0 Å². The first-order valence-electron chi connectivity index (χ1n) is 7.46. The first kappa shape index (κ1) is 16.6. The fourth-order valence-corrected chi connectivity index (χ4v) is 2.95. The predicted molar refractivity (Wildman–Crippen MR) is 88.5 cm³/mol. The summed E-state index contributed by atoms with van der Waals surface area (Å²) in [6, 6.07) is 7.67. The third-order valence-electron chi connectivity index (χ3n) is 3.85. The molecular formula is C17H21ClN2O2. The molecule has 1 heterocycles. The van der Waals surface area contributed by atoms with E-state index in [1.54, 1.807) is 6.08 Å². The molecule has 0 unspecified atom stereocenters. The van der Waals surface area contributed by atoms with Crippen molar-refractivity contribution < 1.29 is 9.59 Å². The second-order valence-corrected chi connectivity index (χ2v) is 6.01. The van der Waals surface area contributed by atoms with Crippen LogP contribution in [0.25, 0.3) is 5.57 Å². The number of amides is 2. The fourth-order valence-electron chi connectivity index (χ4n) is 2.67. The minimum absolute atomic E-state index is 0.00121. The molecule has 118 valence electrons. The summed E-state index contributed by atoms with van der Waals surface area (Å²) in [5.74, 6) is -0.0158. The van der Waals surface area contributed by atoms with Crippen LogP contribution in [0.2, 0.25) is 5.02 Å². The molecule has 0 aliphatic carbocycles. The van der Waals surface area contributed by atoms with Crippen LogP contribution in [-0.2, 0) is 9.59 Å². The molecule has 4 nitrogen and oxygen atoms in total. The van der Waals surface area contributed by atoms with Gasteiger partial charge in [0.25, 0.3) is 0 Å². The Morgan fingerprint density at radius 2 is 1.86 bits per heavy atom. The van der Waals surface area contributed by atoms with E-state index in [2.05, 4.69) is 5.32 Å². The van der Waals surface area contributed by atoms with Crippen molar-refractivity contribution in [3.63, 3.8) is 0 Å². The summed E-state index contributed by atoms with van der Waals surface area (Å²) in [5.41, 5.74) is 1.74. The summed E-state index contributed by atoms with van der Waals surface area (Å²) in [5, 5.41) is 3.55. The van der Waals surface area contributed by atoms with Crippen LogP contribution < -0.4 is 5.32 Å². The van der Waals surface area contributed by atoms with Crippen molar-refractivity contribution in [2.75, 3.05) is 13.1 Å². The van der Waals surface area contributed by atoms with Gasteiger partial charge in [0, 0.05) is 37.2 Å². The number of carbonyl (C=O) groups is 2. The summed E-state index contributed by atoms with van der Waals surface area (Å²) in [6.07, 6.45) is 3.23. The Morgan fingerprint density at radius 1 is 1.23 bits per heavy atom. The van der Waals surface area contributed by atoms with Gasteiger partial charge in [-0.05, 0) is 37.0 Å². The number of nitrogens with zero attached hydrogens (tertiary/aromatic N) is 1. The summed E-state index contributed by atoms with van der Waals surface area (Å²) in [4.78, 5) is 25.2. The number of benzene rings is 1. The molecule has 0 atom stereocenters. The van der Waals surface area contributed by atoms with Crippen LogP contribution in [0, 0.1) is 0 Å². The third-order valence-corrected chi connectivity index (χ3v) is 4.18. The van der Waals surface area contributed by atoms with Crippen molar-refractivity contribution in [3.8, 4) is 0 Å². The summed E-state index contributed by atoms with van der Waals surface area (Å²) >= 11 is 6.15. The highest BCUT2D eigenvalue weighted by atomic mass is 35.5. The number of hydrogen-bond donors (Lipinski definition) is 1. The van der Waals surface area contributed by atoms with Gasteiger partial charge in [-0.15, -0.1) is 0 Å². The Morgan fingerprint density at radius 3 is 2.45 bits per heavy atom. The molecule has 1 saturated heterocycles. The van der Waals surface area contributed by atoms with Crippen LogP contribution >= 0.6 is 11.6 Å². The first-order chi connectivity index (χ1) is 10.5. The van der Waals surface area contributed by atoms with Crippen LogP contribution in [0.5, 0.6) is 0 Å². The second kappa shape index (κ2) is 7.45. The van der Waals surface area contributed by atoms with E-state index < -0.39 is 0 Å². The van der Waals surface area contributed by atoms with Crippen molar-refractivity contribution in [3.05, 3.63) is 40.9 Å². The maximum atomic E-state index is 12.3. The normalized spacial score (nSPS) is 16.5. The number of allylic oxidation sites excluding steroid dienone is 1. The maximum absolute atomic E-state index is 12.3. The SMILES string of the molecule is CC(=O)NC1CCN(C(=O)/C=C(\C)c2ccccc2Cl)CC1. The first-order valence-corrected chi connectivity index (χ1v) is 7.84. The number of halogens is 1. The number of rotatable bonds is 3. The highest BCUT2D eigenvalue weighted by Gasteiger charge is 2.22. The lowest BCUT2D eigenvalue weighted by molar-refractivity contribution is -0.127. The van der Waals surface area contributed by atoms with Gasteiger partial charge in [0.1, 0.15) is 0 Å². The summed E-state index contributed by atoms with van der Waals surface area (Å²) in [6.45, 7) is 4.74. The molecule has 1 aliphatic heterocycles. The molecule has 0 bridgehead atoms. The lowest BCUT2D eigenvalue weighted by Gasteiger charge is -2.31. The Bertz CT molecular complexity index is 590. The monoisotopic (exact) mass is 320 g/mol. The molecule has 22 heavy (non-hydrogen) atoms. The van der Waals surface area contributed by atoms with E-state index in [1.165, 1.54) is 6.92 Å². The Kier molecular flexibility index (Phi) is 5.61. The van der Waals surface area contributed by atoms with Gasteiger partial charge in [0.05, 0.1) is 0 Å². The molecule has 0 aromatic heterocycles. The van der Waals surface area contributed by atoms with Crippen LogP contribution in [0.1, 0.15) is 32.3 Å². The van der Waals surface area contributed by atoms with Crippen molar-refractivity contribution in [2.24, 2.45) is 0 Å². The Balaban J connectivity index is 1.97. The van der Waals surface area contributed by atoms with Crippen LogP contribution in [0.3, 0.4) is 0 Å². The molecule has 1 aliphatic rings. The zero-order chi connectivity index (χ0) is 16.1. The molecule has 1 N–H and O–H groups in total. The van der Waals surface area contributed by atoms with Crippen molar-refractivity contribution in [1.29, 1.82) is 0 Å². The number of piperidine rings is 1. The maximum Gasteiger partial charge on any atom is 0.246 e. The molecule has 0 radical (unpaired) electrons. The number of hydrogen-bond acceptors (Lipinski definition) is 2. The molecule has 5 heteroatoms. The van der Waals surface area contributed by atoms with Crippen molar-refractivity contribution in [2.45, 2.75) is 32.7 Å². The van der Waals surface area contributed by atoms with Crippen molar-refractivity contribution in [1.82, 2.24) is 10.2 Å². The van der Waals surface area contributed by atoms with Crippen molar-refractivity contribution >= 4 is 29.0 Å². The number of carbonyl (C=O) groups excluding carboxylic acids is 2. The molecule has 1 aromatic rings. The van der Waals surface area contributed by atoms with Gasteiger partial charge in [0.2, 0.25) is 11.8 Å². The third kappa shape index (κ3) is 4.34. The van der Waals surface area contributed by atoms with Gasteiger partial charge in [-0.3, -0.25) is 9.59 Å². The standard InChI is InChI=1S/C17H21ClN2O2/c1-12(15-5-3-4-6-16(15)18)11-17(22)20-9-7-14(8-10-20)19-13(2)21/h3-6,11,14H,7-10H2,1-2H3,(H,19,21)/b12-11+. The minimum atomic E-state index is -0.0146. The Labute approximate surface area is 136 Å². The van der Waals surface area contributed by atoms with Crippen LogP contribution in [0.15, 0.2) is 30.3 Å². The average Bonchev–Trinajstić information content (AvgIpc) is 2.47. The van der Waals surface area contributed by atoms with E-state index in [-0.39, 0.29) is 17.9 Å². The zero-order valence-corrected chi connectivity index (χ0v) is 13.7. The molecule has 0 spiro atoms. The predicted octanol–water partition coefficient (Wildman–Crippen LogP) is 2.87. The quantitative estimate of drug-likeness (QED) is 0.871. The molecule has 2 rings (SSSR count). The van der Waals surface area contributed by atoms with E-state index in [0.717, 1.165) is 24.0 Å². The van der Waals surface area contributed by atoms with Gasteiger partial charge >= 0.3 is 0 Å². The fraction of sp³-hybridized carbons (Fsp3) is 0.412. The highest BCUT2D eigenvalue weighted by molar-refractivity contribution is 6.32. The summed E-state index contributed by atoms with van der Waals surface area (Å²) in [7, 11) is 0. The average molecular weight is 321 g/mol. The van der Waals surface area contributed by atoms with Gasteiger partial charge < -0.3 is 10.2 Å². The zero-order valence-electron chi connectivity index (χ0n) is 12.9. The lowest BCUT2D eigenvalue weighted by Crippen LogP contribution is -2.45. The van der Waals surface area contributed by atoms with Gasteiger partial charge in [-0.1, -0.05) is 29.8 Å². The highest BCUT2D eigenvalue weighted by Crippen LogP contribution is 2.23. The molecule has 2 amide bonds. The van der Waals surface area contributed by atoms with E-state index in [1.807, 2.05) is 36.1 Å².